The van der Waals surface area contributed by atoms with Gasteiger partial charge < -0.3 is 15.0 Å². The predicted octanol–water partition coefficient (Wildman–Crippen LogP) is 4.36. The van der Waals surface area contributed by atoms with Gasteiger partial charge in [-0.2, -0.15) is 0 Å². The summed E-state index contributed by atoms with van der Waals surface area (Å²) in [4.78, 5) is 27.3. The van der Waals surface area contributed by atoms with Crippen molar-refractivity contribution in [1.82, 2.24) is 10.2 Å². The van der Waals surface area contributed by atoms with Gasteiger partial charge in [0.2, 0.25) is 5.91 Å². The van der Waals surface area contributed by atoms with E-state index in [1.165, 1.54) is 4.90 Å². The van der Waals surface area contributed by atoms with Crippen molar-refractivity contribution in [3.8, 4) is 5.75 Å². The van der Waals surface area contributed by atoms with E-state index in [1.807, 2.05) is 52.0 Å². The average molecular weight is 417 g/mol. The Morgan fingerprint density at radius 1 is 1.14 bits per heavy atom. The van der Waals surface area contributed by atoms with E-state index >= 15 is 0 Å². The van der Waals surface area contributed by atoms with Crippen molar-refractivity contribution in [2.24, 2.45) is 0 Å². The van der Waals surface area contributed by atoms with Crippen LogP contribution in [0.15, 0.2) is 48.5 Å². The van der Waals surface area contributed by atoms with Crippen molar-refractivity contribution in [2.75, 3.05) is 6.61 Å². The molecule has 0 aromatic heterocycles. The van der Waals surface area contributed by atoms with Gasteiger partial charge in [-0.05, 0) is 52.3 Å². The van der Waals surface area contributed by atoms with Crippen molar-refractivity contribution in [1.29, 1.82) is 0 Å². The zero-order valence-electron chi connectivity index (χ0n) is 17.7. The molecule has 0 saturated heterocycles. The summed E-state index contributed by atoms with van der Waals surface area (Å²) in [6.45, 7) is 9.55. The van der Waals surface area contributed by atoms with Gasteiger partial charge in [0, 0.05) is 12.1 Å². The van der Waals surface area contributed by atoms with Gasteiger partial charge >= 0.3 is 0 Å². The normalized spacial score (nSPS) is 12.2. The van der Waals surface area contributed by atoms with E-state index in [9.17, 15) is 9.59 Å². The minimum absolute atomic E-state index is 0.206. The smallest absolute Gasteiger partial charge is 0.261 e. The van der Waals surface area contributed by atoms with E-state index in [2.05, 4.69) is 5.32 Å². The van der Waals surface area contributed by atoms with Crippen LogP contribution in [0.25, 0.3) is 0 Å². The van der Waals surface area contributed by atoms with Gasteiger partial charge in [-0.15, -0.1) is 0 Å². The van der Waals surface area contributed by atoms with Crippen LogP contribution in [0.1, 0.15) is 38.8 Å². The zero-order chi connectivity index (χ0) is 21.6. The van der Waals surface area contributed by atoms with E-state index in [-0.39, 0.29) is 18.4 Å². The quantitative estimate of drug-likeness (QED) is 0.729. The van der Waals surface area contributed by atoms with Crippen LogP contribution in [0.4, 0.5) is 0 Å². The molecule has 0 aliphatic rings. The van der Waals surface area contributed by atoms with Crippen LogP contribution in [0.5, 0.6) is 5.75 Å². The third-order valence-corrected chi connectivity index (χ3v) is 4.60. The SMILES string of the molecule is Cc1cccc(CN(C(=O)COc2ccccc2Cl)[C@@H](C)C(=O)NC(C)(C)C)c1. The van der Waals surface area contributed by atoms with Gasteiger partial charge in [-0.3, -0.25) is 9.59 Å². The Labute approximate surface area is 178 Å². The fraction of sp³-hybridized carbons (Fsp3) is 0.391. The molecule has 1 atom stereocenters. The van der Waals surface area contributed by atoms with Gasteiger partial charge in [0.25, 0.3) is 5.91 Å². The van der Waals surface area contributed by atoms with Crippen LogP contribution in [0.3, 0.4) is 0 Å². The number of hydrogen-bond acceptors (Lipinski definition) is 3. The summed E-state index contributed by atoms with van der Waals surface area (Å²) in [5, 5.41) is 3.37. The summed E-state index contributed by atoms with van der Waals surface area (Å²) in [5.74, 6) is -0.0657. The molecule has 0 radical (unpaired) electrons. The third kappa shape index (κ3) is 7.09. The molecule has 0 saturated carbocycles. The van der Waals surface area contributed by atoms with Gasteiger partial charge in [0.1, 0.15) is 11.8 Å². The number of aryl methyl sites for hydroxylation is 1. The molecule has 0 heterocycles. The molecule has 0 aliphatic heterocycles. The number of amides is 2. The molecule has 1 N–H and O–H groups in total. The number of benzene rings is 2. The van der Waals surface area contributed by atoms with Crippen molar-refractivity contribution in [3.05, 3.63) is 64.7 Å². The van der Waals surface area contributed by atoms with Gasteiger partial charge in [-0.1, -0.05) is 53.6 Å². The summed E-state index contributed by atoms with van der Waals surface area (Å²) < 4.78 is 5.62. The summed E-state index contributed by atoms with van der Waals surface area (Å²) in [7, 11) is 0. The molecule has 0 bridgehead atoms. The molecule has 6 heteroatoms. The molecule has 0 fully saturated rings. The Morgan fingerprint density at radius 2 is 1.83 bits per heavy atom. The highest BCUT2D eigenvalue weighted by atomic mass is 35.5. The second-order valence-electron chi connectivity index (χ2n) is 8.15. The first kappa shape index (κ1) is 22.8. The molecule has 2 rings (SSSR count). The number of carbonyl (C=O) groups excluding carboxylic acids is 2. The monoisotopic (exact) mass is 416 g/mol. The molecule has 29 heavy (non-hydrogen) atoms. The molecule has 0 unspecified atom stereocenters. The number of hydrogen-bond donors (Lipinski definition) is 1. The first-order valence-electron chi connectivity index (χ1n) is 9.61. The van der Waals surface area contributed by atoms with Crippen molar-refractivity contribution < 1.29 is 14.3 Å². The molecule has 156 valence electrons. The maximum atomic E-state index is 13.0. The minimum Gasteiger partial charge on any atom is -0.482 e. The lowest BCUT2D eigenvalue weighted by Gasteiger charge is -2.31. The molecule has 0 spiro atoms. The first-order chi connectivity index (χ1) is 13.6. The Morgan fingerprint density at radius 3 is 2.45 bits per heavy atom. The first-order valence-corrected chi connectivity index (χ1v) is 9.99. The topological polar surface area (TPSA) is 58.6 Å². The second kappa shape index (κ2) is 9.79. The Bertz CT molecular complexity index is 861. The Kier molecular flexibility index (Phi) is 7.68. The maximum absolute atomic E-state index is 13.0. The lowest BCUT2D eigenvalue weighted by atomic mass is 10.1. The molecule has 2 amide bonds. The molecular weight excluding hydrogens is 388 g/mol. The summed E-state index contributed by atoms with van der Waals surface area (Å²) in [6.07, 6.45) is 0. The largest absolute Gasteiger partial charge is 0.482 e. The number of ether oxygens (including phenoxy) is 1. The fourth-order valence-corrected chi connectivity index (χ4v) is 3.04. The average Bonchev–Trinajstić information content (AvgIpc) is 2.63. The molecule has 0 aliphatic carbocycles. The summed E-state index contributed by atoms with van der Waals surface area (Å²) in [6, 6.07) is 14.2. The van der Waals surface area contributed by atoms with E-state index in [0.717, 1.165) is 11.1 Å². The number of carbonyl (C=O) groups is 2. The van der Waals surface area contributed by atoms with E-state index in [1.54, 1.807) is 31.2 Å². The van der Waals surface area contributed by atoms with Crippen molar-refractivity contribution in [2.45, 2.75) is 52.7 Å². The Hall–Kier alpha value is -2.53. The van der Waals surface area contributed by atoms with Crippen LogP contribution in [0, 0.1) is 6.92 Å². The highest BCUT2D eigenvalue weighted by Crippen LogP contribution is 2.23. The highest BCUT2D eigenvalue weighted by molar-refractivity contribution is 6.32. The van der Waals surface area contributed by atoms with Crippen LogP contribution < -0.4 is 10.1 Å². The van der Waals surface area contributed by atoms with Gasteiger partial charge in [0.15, 0.2) is 6.61 Å². The maximum Gasteiger partial charge on any atom is 0.261 e. The second-order valence-corrected chi connectivity index (χ2v) is 8.55. The summed E-state index contributed by atoms with van der Waals surface area (Å²) in [5.41, 5.74) is 1.65. The molecular formula is C23H29ClN2O3. The van der Waals surface area contributed by atoms with Crippen molar-refractivity contribution >= 4 is 23.4 Å². The fourth-order valence-electron chi connectivity index (χ4n) is 2.85. The molecule has 5 nitrogen and oxygen atoms in total. The van der Waals surface area contributed by atoms with E-state index < -0.39 is 11.6 Å². The number of nitrogens with zero attached hydrogens (tertiary/aromatic N) is 1. The third-order valence-electron chi connectivity index (χ3n) is 4.29. The molecule has 2 aromatic carbocycles. The van der Waals surface area contributed by atoms with Gasteiger partial charge in [0.05, 0.1) is 5.02 Å². The standard InChI is InChI=1S/C23H29ClN2O3/c1-16-9-8-10-18(13-16)14-26(17(2)22(28)25-23(3,4)5)21(27)15-29-20-12-7-6-11-19(20)24/h6-13,17H,14-15H2,1-5H3,(H,25,28)/t17-/m0/s1. The summed E-state index contributed by atoms with van der Waals surface area (Å²) >= 11 is 6.11. The van der Waals surface area contributed by atoms with E-state index in [0.29, 0.717) is 17.3 Å². The predicted molar refractivity (Wildman–Crippen MR) is 116 cm³/mol. The molecule has 2 aromatic rings. The van der Waals surface area contributed by atoms with Gasteiger partial charge in [-0.25, -0.2) is 0 Å². The minimum atomic E-state index is -0.655. The van der Waals surface area contributed by atoms with Crippen molar-refractivity contribution in [3.63, 3.8) is 0 Å². The van der Waals surface area contributed by atoms with Crippen LogP contribution >= 0.6 is 11.6 Å². The zero-order valence-corrected chi connectivity index (χ0v) is 18.4. The number of nitrogens with one attached hydrogen (secondary N) is 1. The number of halogens is 1. The number of para-hydroxylation sites is 1. The highest BCUT2D eigenvalue weighted by Gasteiger charge is 2.28. The lowest BCUT2D eigenvalue weighted by Crippen LogP contribution is -2.53. The number of rotatable bonds is 7. The van der Waals surface area contributed by atoms with Crippen LogP contribution in [0.2, 0.25) is 5.02 Å². The lowest BCUT2D eigenvalue weighted by molar-refractivity contribution is -0.142. The Balaban J connectivity index is 2.19. The van der Waals surface area contributed by atoms with E-state index in [4.69, 9.17) is 16.3 Å². The van der Waals surface area contributed by atoms with Crippen LogP contribution in [-0.2, 0) is 16.1 Å². The van der Waals surface area contributed by atoms with Crippen LogP contribution in [-0.4, -0.2) is 34.9 Å².